The van der Waals surface area contributed by atoms with Crippen molar-refractivity contribution in [1.82, 2.24) is 15.3 Å². The fourth-order valence-corrected chi connectivity index (χ4v) is 2.37. The average molecular weight is 340 g/mol. The number of pyridine rings is 2. The van der Waals surface area contributed by atoms with E-state index in [-0.39, 0.29) is 30.1 Å². The van der Waals surface area contributed by atoms with E-state index in [1.54, 1.807) is 24.3 Å². The Morgan fingerprint density at radius 1 is 1.36 bits per heavy atom. The van der Waals surface area contributed by atoms with Gasteiger partial charge in [0.25, 0.3) is 5.91 Å². The van der Waals surface area contributed by atoms with Crippen LogP contribution in [0.4, 0.5) is 5.82 Å². The number of aliphatic hydroxyl groups is 1. The summed E-state index contributed by atoms with van der Waals surface area (Å²) in [4.78, 5) is 30.5. The van der Waals surface area contributed by atoms with Crippen molar-refractivity contribution in [2.75, 3.05) is 18.9 Å². The smallest absolute Gasteiger partial charge is 0.255 e. The number of hydrogen-bond acceptors (Lipinski definition) is 6. The molecule has 0 fully saturated rings. The van der Waals surface area contributed by atoms with Crippen molar-refractivity contribution < 1.29 is 14.3 Å². The maximum atomic E-state index is 12.2. The molecule has 0 unspecified atom stereocenters. The zero-order chi connectivity index (χ0) is 17.8. The number of amides is 1. The molecule has 3 aromatic rings. The van der Waals surface area contributed by atoms with E-state index in [2.05, 4.69) is 15.3 Å². The van der Waals surface area contributed by atoms with Crippen LogP contribution in [0.5, 0.6) is 0 Å². The highest BCUT2D eigenvalue weighted by atomic mass is 16.3. The third kappa shape index (κ3) is 3.43. The van der Waals surface area contributed by atoms with E-state index in [1.807, 2.05) is 0 Å². The number of aromatic nitrogens is 2. The Bertz CT molecular complexity index is 927. The lowest BCUT2D eigenvalue weighted by Gasteiger charge is -2.12. The molecule has 0 radical (unpaired) electrons. The Balaban J connectivity index is 2.16. The molecule has 5 N–H and O–H groups in total. The van der Waals surface area contributed by atoms with Crippen molar-refractivity contribution in [2.24, 2.45) is 0 Å². The van der Waals surface area contributed by atoms with Crippen molar-refractivity contribution in [3.63, 3.8) is 0 Å². The van der Waals surface area contributed by atoms with Gasteiger partial charge in [0, 0.05) is 29.9 Å². The van der Waals surface area contributed by atoms with Crippen LogP contribution in [0.1, 0.15) is 10.4 Å². The molecule has 0 aromatic carbocycles. The van der Waals surface area contributed by atoms with Gasteiger partial charge in [-0.15, -0.1) is 0 Å². The predicted molar refractivity (Wildman–Crippen MR) is 91.8 cm³/mol. The Morgan fingerprint density at radius 3 is 2.84 bits per heavy atom. The number of nitrogens with two attached hydrogens (primary N) is 1. The van der Waals surface area contributed by atoms with E-state index < -0.39 is 5.91 Å². The minimum absolute atomic E-state index is 0.0371. The second-order valence-electron chi connectivity index (χ2n) is 5.22. The summed E-state index contributed by atoms with van der Waals surface area (Å²) in [6, 6.07) is 8.02. The fraction of sp³-hybridized carbons (Fsp3) is 0.118. The van der Waals surface area contributed by atoms with Crippen molar-refractivity contribution in [2.45, 2.75) is 0 Å². The standard InChI is InChI=1S/C17H16N4O4/c18-16-12(17(24)19-5-6-22)8-11(10-3-4-14(23)20-9-10)15(21-16)13-2-1-7-25-13/h1-4,7-9,22H,5-6H2,(H2,18,21)(H,19,24)(H,20,23). The van der Waals surface area contributed by atoms with Crippen LogP contribution in [0, 0.1) is 0 Å². The van der Waals surface area contributed by atoms with Crippen LogP contribution in [0.2, 0.25) is 0 Å². The number of anilines is 1. The number of nitrogens with zero attached hydrogens (tertiary/aromatic N) is 1. The highest BCUT2D eigenvalue weighted by Crippen LogP contribution is 2.32. The van der Waals surface area contributed by atoms with Crippen molar-refractivity contribution in [3.05, 3.63) is 58.7 Å². The van der Waals surface area contributed by atoms with Gasteiger partial charge in [0.15, 0.2) is 5.76 Å². The van der Waals surface area contributed by atoms with Crippen LogP contribution in [0.3, 0.4) is 0 Å². The number of furan rings is 1. The summed E-state index contributed by atoms with van der Waals surface area (Å²) < 4.78 is 5.40. The molecule has 3 rings (SSSR count). The zero-order valence-electron chi connectivity index (χ0n) is 13.2. The van der Waals surface area contributed by atoms with Gasteiger partial charge in [0.05, 0.1) is 18.4 Å². The highest BCUT2D eigenvalue weighted by molar-refractivity contribution is 6.00. The molecule has 3 aromatic heterocycles. The SMILES string of the molecule is Nc1nc(-c2ccco2)c(-c2ccc(=O)[nH]c2)cc1C(=O)NCCO. The number of carbonyl (C=O) groups is 1. The van der Waals surface area contributed by atoms with E-state index in [0.717, 1.165) is 0 Å². The average Bonchev–Trinajstić information content (AvgIpc) is 3.15. The minimum atomic E-state index is -0.448. The van der Waals surface area contributed by atoms with Crippen molar-refractivity contribution in [3.8, 4) is 22.6 Å². The van der Waals surface area contributed by atoms with Gasteiger partial charge in [-0.3, -0.25) is 9.59 Å². The maximum absolute atomic E-state index is 12.2. The van der Waals surface area contributed by atoms with Gasteiger partial charge in [0.2, 0.25) is 5.56 Å². The quantitative estimate of drug-likeness (QED) is 0.547. The van der Waals surface area contributed by atoms with Gasteiger partial charge in [-0.1, -0.05) is 0 Å². The van der Waals surface area contributed by atoms with Crippen LogP contribution in [0.15, 0.2) is 52.0 Å². The fourth-order valence-electron chi connectivity index (χ4n) is 2.37. The van der Waals surface area contributed by atoms with Crippen molar-refractivity contribution in [1.29, 1.82) is 0 Å². The van der Waals surface area contributed by atoms with Gasteiger partial charge in [0.1, 0.15) is 11.5 Å². The van der Waals surface area contributed by atoms with Gasteiger partial charge in [-0.05, 0) is 24.3 Å². The van der Waals surface area contributed by atoms with Gasteiger partial charge in [-0.25, -0.2) is 4.98 Å². The number of aliphatic hydroxyl groups excluding tert-OH is 1. The number of nitrogens with one attached hydrogen (secondary N) is 2. The normalized spacial score (nSPS) is 10.6. The molecule has 0 atom stereocenters. The van der Waals surface area contributed by atoms with Gasteiger partial charge in [-0.2, -0.15) is 0 Å². The molecular weight excluding hydrogens is 324 g/mol. The first-order valence-electron chi connectivity index (χ1n) is 7.52. The third-order valence-electron chi connectivity index (χ3n) is 3.54. The van der Waals surface area contributed by atoms with E-state index in [4.69, 9.17) is 15.3 Å². The molecule has 0 aliphatic heterocycles. The number of nitrogen functional groups attached to an aromatic ring is 1. The van der Waals surface area contributed by atoms with Crippen LogP contribution < -0.4 is 16.6 Å². The number of aromatic amines is 1. The van der Waals surface area contributed by atoms with E-state index in [1.165, 1.54) is 18.5 Å². The third-order valence-corrected chi connectivity index (χ3v) is 3.54. The molecule has 0 aliphatic carbocycles. The minimum Gasteiger partial charge on any atom is -0.463 e. The highest BCUT2D eigenvalue weighted by Gasteiger charge is 2.19. The topological polar surface area (TPSA) is 134 Å². The lowest BCUT2D eigenvalue weighted by molar-refractivity contribution is 0.0945. The molecule has 25 heavy (non-hydrogen) atoms. The Morgan fingerprint density at radius 2 is 2.20 bits per heavy atom. The monoisotopic (exact) mass is 340 g/mol. The number of hydrogen-bond donors (Lipinski definition) is 4. The van der Waals surface area contributed by atoms with Crippen LogP contribution in [-0.2, 0) is 0 Å². The number of carbonyl (C=O) groups excluding carboxylic acids is 1. The molecule has 1 amide bonds. The first kappa shape index (κ1) is 16.5. The Kier molecular flexibility index (Phi) is 4.62. The largest absolute Gasteiger partial charge is 0.463 e. The van der Waals surface area contributed by atoms with Crippen LogP contribution in [0.25, 0.3) is 22.6 Å². The molecule has 0 bridgehead atoms. The van der Waals surface area contributed by atoms with Crippen molar-refractivity contribution >= 4 is 11.7 Å². The predicted octanol–water partition coefficient (Wildman–Crippen LogP) is 1.00. The Hall–Kier alpha value is -3.39. The van der Waals surface area contributed by atoms with E-state index in [0.29, 0.717) is 22.6 Å². The second kappa shape index (κ2) is 7.02. The van der Waals surface area contributed by atoms with Gasteiger partial charge < -0.3 is 25.6 Å². The lowest BCUT2D eigenvalue weighted by Crippen LogP contribution is -2.27. The molecule has 0 saturated heterocycles. The molecule has 0 spiro atoms. The van der Waals surface area contributed by atoms with E-state index >= 15 is 0 Å². The molecule has 8 nitrogen and oxygen atoms in total. The molecule has 0 saturated carbocycles. The first-order valence-corrected chi connectivity index (χ1v) is 7.52. The number of H-pyrrole nitrogens is 1. The Labute approximate surface area is 142 Å². The van der Waals surface area contributed by atoms with Crippen LogP contribution >= 0.6 is 0 Å². The molecule has 0 aliphatic rings. The lowest BCUT2D eigenvalue weighted by atomic mass is 10.0. The molecular formula is C17H16N4O4. The molecule has 3 heterocycles. The summed E-state index contributed by atoms with van der Waals surface area (Å²) in [7, 11) is 0. The van der Waals surface area contributed by atoms with Crippen LogP contribution in [-0.4, -0.2) is 34.1 Å². The van der Waals surface area contributed by atoms with Gasteiger partial charge >= 0.3 is 0 Å². The summed E-state index contributed by atoms with van der Waals surface area (Å²) in [6.07, 6.45) is 3.03. The molecule has 8 heteroatoms. The summed E-state index contributed by atoms with van der Waals surface area (Å²) >= 11 is 0. The summed E-state index contributed by atoms with van der Waals surface area (Å²) in [5.74, 6) is 0.0703. The summed E-state index contributed by atoms with van der Waals surface area (Å²) in [5, 5.41) is 11.4. The number of rotatable bonds is 5. The zero-order valence-corrected chi connectivity index (χ0v) is 13.2. The van der Waals surface area contributed by atoms with E-state index in [9.17, 15) is 9.59 Å². The maximum Gasteiger partial charge on any atom is 0.255 e. The molecule has 128 valence electrons. The second-order valence-corrected chi connectivity index (χ2v) is 5.22. The summed E-state index contributed by atoms with van der Waals surface area (Å²) in [5.41, 5.74) is 7.54. The first-order chi connectivity index (χ1) is 12.1. The summed E-state index contributed by atoms with van der Waals surface area (Å²) in [6.45, 7) is -0.0808.